The van der Waals surface area contributed by atoms with E-state index in [0.29, 0.717) is 5.92 Å². The Kier molecular flexibility index (Phi) is 4.74. The van der Waals surface area contributed by atoms with Crippen LogP contribution in [0.1, 0.15) is 32.0 Å². The summed E-state index contributed by atoms with van der Waals surface area (Å²) in [6, 6.07) is 3.92. The molecule has 1 N–H and O–H groups in total. The van der Waals surface area contributed by atoms with Gasteiger partial charge >= 0.3 is 0 Å². The molecule has 16 heavy (non-hydrogen) atoms. The van der Waals surface area contributed by atoms with Crippen LogP contribution >= 0.6 is 0 Å². The molecule has 0 unspecified atom stereocenters. The van der Waals surface area contributed by atoms with E-state index in [9.17, 15) is 5.11 Å². The van der Waals surface area contributed by atoms with Crippen molar-refractivity contribution in [2.75, 3.05) is 18.5 Å². The summed E-state index contributed by atoms with van der Waals surface area (Å²) >= 11 is 0. The second-order valence-electron chi connectivity index (χ2n) is 4.61. The molecule has 1 rings (SSSR count). The number of hydrogen-bond donors (Lipinski definition) is 1. The average Bonchev–Trinajstić information content (AvgIpc) is 2.27. The number of aromatic nitrogens is 1. The van der Waals surface area contributed by atoms with Gasteiger partial charge in [-0.2, -0.15) is 0 Å². The number of pyridine rings is 1. The molecule has 1 aromatic rings. The third-order valence-electron chi connectivity index (χ3n) is 2.50. The Labute approximate surface area is 98.1 Å². The average molecular weight is 222 g/mol. The van der Waals surface area contributed by atoms with Crippen molar-refractivity contribution in [3.63, 3.8) is 0 Å². The highest BCUT2D eigenvalue weighted by Gasteiger charge is 2.07. The second-order valence-corrected chi connectivity index (χ2v) is 4.61. The zero-order valence-corrected chi connectivity index (χ0v) is 10.7. The van der Waals surface area contributed by atoms with Gasteiger partial charge in [-0.25, -0.2) is 4.98 Å². The Balaban J connectivity index is 2.93. The Morgan fingerprint density at radius 3 is 2.56 bits per heavy atom. The molecule has 1 aromatic heterocycles. The van der Waals surface area contributed by atoms with E-state index in [-0.39, 0.29) is 6.61 Å². The van der Waals surface area contributed by atoms with Crippen LogP contribution in [0.5, 0.6) is 0 Å². The predicted octanol–water partition coefficient (Wildman–Crippen LogP) is 2.23. The van der Waals surface area contributed by atoms with Crippen LogP contribution in [0.3, 0.4) is 0 Å². The van der Waals surface area contributed by atoms with Crippen LogP contribution in [-0.2, 0) is 13.0 Å². The van der Waals surface area contributed by atoms with E-state index in [1.54, 1.807) is 0 Å². The largest absolute Gasteiger partial charge is 0.392 e. The maximum atomic E-state index is 9.20. The second kappa shape index (κ2) is 5.85. The third kappa shape index (κ3) is 3.49. The molecular weight excluding hydrogens is 200 g/mol. The number of rotatable bonds is 5. The zero-order valence-electron chi connectivity index (χ0n) is 10.7. The summed E-state index contributed by atoms with van der Waals surface area (Å²) in [5.74, 6) is 1.56. The smallest absolute Gasteiger partial charge is 0.128 e. The molecule has 3 nitrogen and oxygen atoms in total. The zero-order chi connectivity index (χ0) is 12.1. The molecule has 90 valence electrons. The molecule has 0 aromatic carbocycles. The summed E-state index contributed by atoms with van der Waals surface area (Å²) in [6.45, 7) is 7.51. The molecule has 0 fully saturated rings. The minimum absolute atomic E-state index is 0.0814. The van der Waals surface area contributed by atoms with Crippen LogP contribution in [0.15, 0.2) is 12.1 Å². The maximum Gasteiger partial charge on any atom is 0.128 e. The first-order valence-corrected chi connectivity index (χ1v) is 5.88. The fraction of sp³-hybridized carbons (Fsp3) is 0.615. The minimum atomic E-state index is 0.0814. The Morgan fingerprint density at radius 2 is 2.06 bits per heavy atom. The van der Waals surface area contributed by atoms with Crippen molar-refractivity contribution in [2.45, 2.75) is 33.8 Å². The molecule has 0 saturated heterocycles. The van der Waals surface area contributed by atoms with Gasteiger partial charge in [-0.15, -0.1) is 0 Å². The molecule has 0 aliphatic carbocycles. The van der Waals surface area contributed by atoms with Gasteiger partial charge in [-0.1, -0.05) is 20.8 Å². The van der Waals surface area contributed by atoms with E-state index in [0.717, 1.165) is 30.0 Å². The van der Waals surface area contributed by atoms with Crippen molar-refractivity contribution in [1.29, 1.82) is 0 Å². The minimum Gasteiger partial charge on any atom is -0.392 e. The van der Waals surface area contributed by atoms with Crippen LogP contribution in [0.4, 0.5) is 5.82 Å². The Hall–Kier alpha value is -1.09. The van der Waals surface area contributed by atoms with E-state index >= 15 is 0 Å². The summed E-state index contributed by atoms with van der Waals surface area (Å²) in [6.07, 6.45) is 0.899. The van der Waals surface area contributed by atoms with Gasteiger partial charge in [-0.3, -0.25) is 0 Å². The fourth-order valence-corrected chi connectivity index (χ4v) is 1.74. The quantitative estimate of drug-likeness (QED) is 0.830. The highest BCUT2D eigenvalue weighted by molar-refractivity contribution is 5.42. The van der Waals surface area contributed by atoms with Gasteiger partial charge in [0.15, 0.2) is 0 Å². The summed E-state index contributed by atoms with van der Waals surface area (Å²) in [5, 5.41) is 9.20. The first kappa shape index (κ1) is 13.0. The highest BCUT2D eigenvalue weighted by Crippen LogP contribution is 2.15. The molecule has 0 atom stereocenters. The highest BCUT2D eigenvalue weighted by atomic mass is 16.3. The van der Waals surface area contributed by atoms with Crippen LogP contribution in [0.25, 0.3) is 0 Å². The van der Waals surface area contributed by atoms with Crippen molar-refractivity contribution >= 4 is 5.82 Å². The number of anilines is 1. The summed E-state index contributed by atoms with van der Waals surface area (Å²) in [5.41, 5.74) is 1.98. The van der Waals surface area contributed by atoms with Gasteiger partial charge in [0.2, 0.25) is 0 Å². The van der Waals surface area contributed by atoms with E-state index in [4.69, 9.17) is 0 Å². The number of aliphatic hydroxyl groups is 1. The number of hydrogen-bond acceptors (Lipinski definition) is 3. The van der Waals surface area contributed by atoms with Crippen molar-refractivity contribution in [1.82, 2.24) is 4.98 Å². The molecule has 0 amide bonds. The van der Waals surface area contributed by atoms with Crippen LogP contribution in [-0.4, -0.2) is 23.7 Å². The summed E-state index contributed by atoms with van der Waals surface area (Å²) in [7, 11) is 2.04. The van der Waals surface area contributed by atoms with Gasteiger partial charge in [0.05, 0.1) is 6.61 Å². The third-order valence-corrected chi connectivity index (χ3v) is 2.50. The van der Waals surface area contributed by atoms with Crippen LogP contribution < -0.4 is 4.90 Å². The van der Waals surface area contributed by atoms with E-state index in [2.05, 4.69) is 30.7 Å². The standard InChI is InChI=1S/C13H22N2O/c1-5-12-6-11(9-16)7-13(14-12)15(4)8-10(2)3/h6-7,10,16H,5,8-9H2,1-4H3. The Bertz CT molecular complexity index is 314. The number of aliphatic hydroxyl groups excluding tert-OH is 1. The molecule has 1 heterocycles. The number of aryl methyl sites for hydroxylation is 1. The Morgan fingerprint density at radius 1 is 1.38 bits per heavy atom. The lowest BCUT2D eigenvalue weighted by Gasteiger charge is -2.21. The monoisotopic (exact) mass is 222 g/mol. The van der Waals surface area contributed by atoms with Crippen molar-refractivity contribution < 1.29 is 5.11 Å². The fourth-order valence-electron chi connectivity index (χ4n) is 1.74. The molecule has 0 bridgehead atoms. The van der Waals surface area contributed by atoms with Gasteiger partial charge < -0.3 is 10.0 Å². The van der Waals surface area contributed by atoms with Crippen LogP contribution in [0, 0.1) is 5.92 Å². The van der Waals surface area contributed by atoms with Gasteiger partial charge in [-0.05, 0) is 30.0 Å². The molecular formula is C13H22N2O. The molecule has 3 heteroatoms. The lowest BCUT2D eigenvalue weighted by Crippen LogP contribution is -2.24. The van der Waals surface area contributed by atoms with E-state index in [1.165, 1.54) is 0 Å². The molecule has 0 aliphatic rings. The molecule has 0 radical (unpaired) electrons. The van der Waals surface area contributed by atoms with E-state index < -0.39 is 0 Å². The lowest BCUT2D eigenvalue weighted by atomic mass is 10.2. The lowest BCUT2D eigenvalue weighted by molar-refractivity contribution is 0.281. The van der Waals surface area contributed by atoms with Crippen molar-refractivity contribution in [3.8, 4) is 0 Å². The van der Waals surface area contributed by atoms with Crippen molar-refractivity contribution in [2.24, 2.45) is 5.92 Å². The first-order chi connectivity index (χ1) is 7.56. The van der Waals surface area contributed by atoms with Gasteiger partial charge in [0.1, 0.15) is 5.82 Å². The normalized spacial score (nSPS) is 10.9. The van der Waals surface area contributed by atoms with Gasteiger partial charge in [0.25, 0.3) is 0 Å². The van der Waals surface area contributed by atoms with Crippen LogP contribution in [0.2, 0.25) is 0 Å². The topological polar surface area (TPSA) is 36.4 Å². The first-order valence-electron chi connectivity index (χ1n) is 5.88. The SMILES string of the molecule is CCc1cc(CO)cc(N(C)CC(C)C)n1. The molecule has 0 saturated carbocycles. The molecule has 0 aliphatic heterocycles. The predicted molar refractivity (Wildman–Crippen MR) is 67.6 cm³/mol. The summed E-state index contributed by atoms with van der Waals surface area (Å²) < 4.78 is 0. The van der Waals surface area contributed by atoms with Crippen molar-refractivity contribution in [3.05, 3.63) is 23.4 Å². The van der Waals surface area contributed by atoms with E-state index in [1.807, 2.05) is 19.2 Å². The van der Waals surface area contributed by atoms with Gasteiger partial charge in [0, 0.05) is 19.3 Å². The molecule has 0 spiro atoms. The maximum absolute atomic E-state index is 9.20. The summed E-state index contributed by atoms with van der Waals surface area (Å²) in [4.78, 5) is 6.71. The number of nitrogens with zero attached hydrogens (tertiary/aromatic N) is 2.